The molecule has 1 saturated heterocycles. The molecule has 1 aliphatic heterocycles. The summed E-state index contributed by atoms with van der Waals surface area (Å²) in [5, 5.41) is 6.81. The van der Waals surface area contributed by atoms with E-state index in [1.807, 2.05) is 22.8 Å². The van der Waals surface area contributed by atoms with Crippen molar-refractivity contribution in [3.8, 4) is 16.5 Å². The molecule has 1 aliphatic rings. The second-order valence-corrected chi connectivity index (χ2v) is 7.13. The molecule has 4 rings (SSSR count). The molecule has 0 N–H and O–H groups in total. The minimum absolute atomic E-state index is 0.217. The van der Waals surface area contributed by atoms with E-state index in [1.165, 1.54) is 16.9 Å². The van der Waals surface area contributed by atoms with Gasteiger partial charge in [-0.05, 0) is 56.4 Å². The third-order valence-electron chi connectivity index (χ3n) is 4.19. The molecular formula is C17H20N4OS. The average Bonchev–Trinajstić information content (AvgIpc) is 3.13. The van der Waals surface area contributed by atoms with Gasteiger partial charge in [0.05, 0.1) is 11.1 Å². The number of hydrogen-bond acceptors (Lipinski definition) is 5. The summed E-state index contributed by atoms with van der Waals surface area (Å²) >= 11 is 1.72. The fraction of sp³-hybridized carbons (Fsp3) is 0.412. The van der Waals surface area contributed by atoms with Gasteiger partial charge in [-0.3, -0.25) is 0 Å². The van der Waals surface area contributed by atoms with Crippen LogP contribution in [0.25, 0.3) is 16.2 Å². The number of imidazole rings is 1. The topological polar surface area (TPSA) is 42.7 Å². The van der Waals surface area contributed by atoms with Gasteiger partial charge < -0.3 is 9.64 Å². The Morgan fingerprint density at radius 3 is 3.04 bits per heavy atom. The number of piperidine rings is 1. The van der Waals surface area contributed by atoms with E-state index in [2.05, 4.69) is 40.4 Å². The number of rotatable bonds is 3. The number of likely N-dealkylation sites (N-methyl/N-ethyl adjacent to an activating group) is 1. The van der Waals surface area contributed by atoms with Gasteiger partial charge >= 0.3 is 0 Å². The Bertz CT molecular complexity index is 825. The van der Waals surface area contributed by atoms with Crippen LogP contribution in [-0.4, -0.2) is 45.7 Å². The molecule has 6 heteroatoms. The van der Waals surface area contributed by atoms with Gasteiger partial charge in [0.25, 0.3) is 0 Å². The summed E-state index contributed by atoms with van der Waals surface area (Å²) in [6.07, 6.45) is 4.36. The highest BCUT2D eigenvalue weighted by molar-refractivity contribution is 7.13. The van der Waals surface area contributed by atoms with Crippen LogP contribution in [0.5, 0.6) is 5.88 Å². The van der Waals surface area contributed by atoms with Crippen molar-refractivity contribution in [2.24, 2.45) is 0 Å². The standard InChI is InChI=1S/C17H20N4OS/c1-12-8-15(23-11-12)14-9-18-16-5-6-17(19-21(14)16)22-13-4-3-7-20(2)10-13/h5-6,8-9,11,13H,3-4,7,10H2,1-2H3. The van der Waals surface area contributed by atoms with Gasteiger partial charge in [0, 0.05) is 12.6 Å². The van der Waals surface area contributed by atoms with Crippen LogP contribution in [0.3, 0.4) is 0 Å². The Morgan fingerprint density at radius 2 is 2.26 bits per heavy atom. The van der Waals surface area contributed by atoms with Crippen LogP contribution in [0.4, 0.5) is 0 Å². The fourth-order valence-electron chi connectivity index (χ4n) is 3.04. The van der Waals surface area contributed by atoms with Gasteiger partial charge in [-0.15, -0.1) is 16.4 Å². The molecule has 5 nitrogen and oxygen atoms in total. The number of nitrogens with zero attached hydrogens (tertiary/aromatic N) is 4. The molecular weight excluding hydrogens is 308 g/mol. The highest BCUT2D eigenvalue weighted by atomic mass is 32.1. The monoisotopic (exact) mass is 328 g/mol. The lowest BCUT2D eigenvalue weighted by Crippen LogP contribution is -2.38. The molecule has 0 saturated carbocycles. The van der Waals surface area contributed by atoms with Crippen molar-refractivity contribution >= 4 is 17.0 Å². The number of likely N-dealkylation sites (tertiary alicyclic amines) is 1. The number of aromatic nitrogens is 3. The first kappa shape index (κ1) is 14.7. The maximum atomic E-state index is 6.10. The second kappa shape index (κ2) is 5.94. The molecule has 23 heavy (non-hydrogen) atoms. The van der Waals surface area contributed by atoms with E-state index in [4.69, 9.17) is 4.74 Å². The molecule has 0 radical (unpaired) electrons. The van der Waals surface area contributed by atoms with Gasteiger partial charge in [0.2, 0.25) is 5.88 Å². The van der Waals surface area contributed by atoms with Crippen molar-refractivity contribution in [2.75, 3.05) is 20.1 Å². The Labute approximate surface area is 139 Å². The number of ether oxygens (including phenoxy) is 1. The quantitative estimate of drug-likeness (QED) is 0.740. The molecule has 1 fully saturated rings. The summed E-state index contributed by atoms with van der Waals surface area (Å²) in [5.41, 5.74) is 3.13. The SMILES string of the molecule is Cc1csc(-c2cnc3ccc(OC4CCCN(C)C4)nn23)c1. The van der Waals surface area contributed by atoms with E-state index < -0.39 is 0 Å². The lowest BCUT2D eigenvalue weighted by molar-refractivity contribution is 0.0988. The molecule has 0 aliphatic carbocycles. The van der Waals surface area contributed by atoms with E-state index in [0.717, 1.165) is 30.9 Å². The van der Waals surface area contributed by atoms with Crippen LogP contribution in [0.2, 0.25) is 0 Å². The van der Waals surface area contributed by atoms with Crippen LogP contribution in [-0.2, 0) is 0 Å². The molecule has 1 atom stereocenters. The normalized spacial score (nSPS) is 19.3. The van der Waals surface area contributed by atoms with Crippen LogP contribution in [0.15, 0.2) is 29.8 Å². The van der Waals surface area contributed by atoms with Crippen molar-refractivity contribution in [3.63, 3.8) is 0 Å². The maximum absolute atomic E-state index is 6.10. The molecule has 0 amide bonds. The van der Waals surface area contributed by atoms with E-state index >= 15 is 0 Å². The summed E-state index contributed by atoms with van der Waals surface area (Å²) in [4.78, 5) is 7.93. The zero-order chi connectivity index (χ0) is 15.8. The number of fused-ring (bicyclic) bond motifs is 1. The third kappa shape index (κ3) is 2.96. The summed E-state index contributed by atoms with van der Waals surface area (Å²) in [5.74, 6) is 0.672. The van der Waals surface area contributed by atoms with Crippen molar-refractivity contribution in [3.05, 3.63) is 35.3 Å². The molecule has 4 heterocycles. The van der Waals surface area contributed by atoms with Gasteiger partial charge in [0.1, 0.15) is 11.8 Å². The minimum Gasteiger partial charge on any atom is -0.472 e. The average molecular weight is 328 g/mol. The first-order chi connectivity index (χ1) is 11.2. The first-order valence-electron chi connectivity index (χ1n) is 7.94. The van der Waals surface area contributed by atoms with Crippen molar-refractivity contribution in [1.29, 1.82) is 0 Å². The predicted octanol–water partition coefficient (Wildman–Crippen LogP) is 3.24. The molecule has 0 aromatic carbocycles. The molecule has 3 aromatic rings. The summed E-state index contributed by atoms with van der Waals surface area (Å²) in [6, 6.07) is 6.05. The van der Waals surface area contributed by atoms with Gasteiger partial charge in [0.15, 0.2) is 5.65 Å². The van der Waals surface area contributed by atoms with E-state index in [9.17, 15) is 0 Å². The lowest BCUT2D eigenvalue weighted by atomic mass is 10.1. The Hall–Kier alpha value is -1.92. The van der Waals surface area contributed by atoms with Crippen molar-refractivity contribution < 1.29 is 4.74 Å². The highest BCUT2D eigenvalue weighted by Crippen LogP contribution is 2.28. The largest absolute Gasteiger partial charge is 0.472 e. The Kier molecular flexibility index (Phi) is 3.79. The molecule has 3 aromatic heterocycles. The van der Waals surface area contributed by atoms with E-state index in [0.29, 0.717) is 5.88 Å². The summed E-state index contributed by atoms with van der Waals surface area (Å²) in [6.45, 7) is 4.21. The molecule has 0 spiro atoms. The number of hydrogen-bond donors (Lipinski definition) is 0. The Balaban J connectivity index is 1.64. The van der Waals surface area contributed by atoms with Gasteiger partial charge in [-0.25, -0.2) is 9.50 Å². The van der Waals surface area contributed by atoms with Crippen LogP contribution >= 0.6 is 11.3 Å². The van der Waals surface area contributed by atoms with Crippen LogP contribution in [0.1, 0.15) is 18.4 Å². The third-order valence-corrected chi connectivity index (χ3v) is 5.26. The zero-order valence-corrected chi connectivity index (χ0v) is 14.2. The minimum atomic E-state index is 0.217. The van der Waals surface area contributed by atoms with Crippen molar-refractivity contribution in [2.45, 2.75) is 25.9 Å². The molecule has 120 valence electrons. The lowest BCUT2D eigenvalue weighted by Gasteiger charge is -2.29. The molecule has 1 unspecified atom stereocenters. The second-order valence-electron chi connectivity index (χ2n) is 6.22. The van der Waals surface area contributed by atoms with Gasteiger partial charge in [-0.1, -0.05) is 0 Å². The zero-order valence-electron chi connectivity index (χ0n) is 13.4. The maximum Gasteiger partial charge on any atom is 0.232 e. The summed E-state index contributed by atoms with van der Waals surface area (Å²) in [7, 11) is 2.14. The van der Waals surface area contributed by atoms with Crippen LogP contribution < -0.4 is 4.74 Å². The highest BCUT2D eigenvalue weighted by Gasteiger charge is 2.19. The first-order valence-corrected chi connectivity index (χ1v) is 8.82. The smallest absolute Gasteiger partial charge is 0.232 e. The van der Waals surface area contributed by atoms with Crippen LogP contribution in [0, 0.1) is 6.92 Å². The van der Waals surface area contributed by atoms with E-state index in [-0.39, 0.29) is 6.10 Å². The predicted molar refractivity (Wildman–Crippen MR) is 92.2 cm³/mol. The molecule has 0 bridgehead atoms. The Morgan fingerprint density at radius 1 is 1.35 bits per heavy atom. The number of aryl methyl sites for hydroxylation is 1. The fourth-order valence-corrected chi connectivity index (χ4v) is 3.93. The van der Waals surface area contributed by atoms with E-state index in [1.54, 1.807) is 11.3 Å². The number of thiophene rings is 1. The van der Waals surface area contributed by atoms with Crippen molar-refractivity contribution in [1.82, 2.24) is 19.5 Å². The van der Waals surface area contributed by atoms with Gasteiger partial charge in [-0.2, -0.15) is 0 Å². The summed E-state index contributed by atoms with van der Waals surface area (Å²) < 4.78 is 7.98.